The molecule has 0 amide bonds. The van der Waals surface area contributed by atoms with Gasteiger partial charge in [0.2, 0.25) is 0 Å². The van der Waals surface area contributed by atoms with Crippen molar-refractivity contribution in [2.45, 2.75) is 31.7 Å². The maximum absolute atomic E-state index is 5.77. The number of hydrogen-bond acceptors (Lipinski definition) is 4. The fourth-order valence-corrected chi connectivity index (χ4v) is 2.79. The summed E-state index contributed by atoms with van der Waals surface area (Å²) >= 11 is 0. The van der Waals surface area contributed by atoms with E-state index in [9.17, 15) is 0 Å². The maximum atomic E-state index is 5.77. The molecule has 134 valence electrons. The lowest BCUT2D eigenvalue weighted by Crippen LogP contribution is -2.32. The van der Waals surface area contributed by atoms with Gasteiger partial charge in [-0.2, -0.15) is 0 Å². The third-order valence-electron chi connectivity index (χ3n) is 4.31. The van der Waals surface area contributed by atoms with Crippen molar-refractivity contribution in [1.82, 2.24) is 19.7 Å². The fourth-order valence-electron chi connectivity index (χ4n) is 2.79. The number of nitrogens with zero attached hydrogens (tertiary/aromatic N) is 4. The number of nitrogens with two attached hydrogens (primary N) is 1. The van der Waals surface area contributed by atoms with Gasteiger partial charge >= 0.3 is 0 Å². The summed E-state index contributed by atoms with van der Waals surface area (Å²) in [5, 5.41) is 8.75. The van der Waals surface area contributed by atoms with Gasteiger partial charge in [0.25, 0.3) is 0 Å². The molecule has 7 heteroatoms. The Kier molecular flexibility index (Phi) is 8.70. The zero-order valence-corrected chi connectivity index (χ0v) is 15.7. The van der Waals surface area contributed by atoms with E-state index in [-0.39, 0.29) is 24.8 Å². The first-order valence-electron chi connectivity index (χ1n) is 8.12. The van der Waals surface area contributed by atoms with Crippen LogP contribution in [0.25, 0.3) is 0 Å². The van der Waals surface area contributed by atoms with E-state index < -0.39 is 0 Å². The van der Waals surface area contributed by atoms with E-state index in [0.717, 1.165) is 37.7 Å². The average molecular weight is 372 g/mol. The van der Waals surface area contributed by atoms with Crippen molar-refractivity contribution in [2.75, 3.05) is 19.6 Å². The van der Waals surface area contributed by atoms with Crippen LogP contribution in [0.2, 0.25) is 0 Å². The fraction of sp³-hybridized carbons (Fsp3) is 0.529. The molecule has 3 rings (SSSR count). The van der Waals surface area contributed by atoms with Crippen molar-refractivity contribution in [3.05, 3.63) is 47.5 Å². The molecular formula is C17H27Cl2N5. The van der Waals surface area contributed by atoms with Crippen LogP contribution in [-0.2, 0) is 20.0 Å². The first-order chi connectivity index (χ1) is 10.8. The molecule has 0 radical (unpaired) electrons. The molecule has 0 unspecified atom stereocenters. The molecule has 1 aliphatic carbocycles. The minimum Gasteiger partial charge on any atom is -0.329 e. The summed E-state index contributed by atoms with van der Waals surface area (Å²) in [5.74, 6) is 2.83. The van der Waals surface area contributed by atoms with Crippen LogP contribution in [0.15, 0.2) is 30.3 Å². The Bertz CT molecular complexity index is 598. The molecule has 24 heavy (non-hydrogen) atoms. The SMILES string of the molecule is Cl.Cl.Cn1c(CN(CCN)CCc2ccccc2)nnc1C1CC1. The molecule has 0 aliphatic heterocycles. The van der Waals surface area contributed by atoms with E-state index in [0.29, 0.717) is 12.5 Å². The first kappa shape index (κ1) is 20.9. The van der Waals surface area contributed by atoms with Crippen LogP contribution >= 0.6 is 24.8 Å². The van der Waals surface area contributed by atoms with Crippen LogP contribution in [0.5, 0.6) is 0 Å². The van der Waals surface area contributed by atoms with Crippen molar-refractivity contribution in [2.24, 2.45) is 12.8 Å². The van der Waals surface area contributed by atoms with Crippen molar-refractivity contribution < 1.29 is 0 Å². The molecule has 5 nitrogen and oxygen atoms in total. The number of hydrogen-bond donors (Lipinski definition) is 1. The van der Waals surface area contributed by atoms with Crippen LogP contribution in [0.3, 0.4) is 0 Å². The summed E-state index contributed by atoms with van der Waals surface area (Å²) in [6.07, 6.45) is 3.55. The summed E-state index contributed by atoms with van der Waals surface area (Å²) in [6.45, 7) is 3.37. The molecule has 1 aromatic heterocycles. The summed E-state index contributed by atoms with van der Waals surface area (Å²) < 4.78 is 2.17. The lowest BCUT2D eigenvalue weighted by atomic mass is 10.1. The van der Waals surface area contributed by atoms with E-state index in [4.69, 9.17) is 5.73 Å². The highest BCUT2D eigenvalue weighted by Gasteiger charge is 2.29. The van der Waals surface area contributed by atoms with E-state index in [1.165, 1.54) is 18.4 Å². The molecular weight excluding hydrogens is 345 g/mol. The second-order valence-electron chi connectivity index (χ2n) is 6.11. The predicted molar refractivity (Wildman–Crippen MR) is 102 cm³/mol. The standard InChI is InChI=1S/C17H25N5.2ClH/c1-21-16(19-20-17(21)15-7-8-15)13-22(12-10-18)11-9-14-5-3-2-4-6-14;;/h2-6,15H,7-13,18H2,1H3;2*1H. The lowest BCUT2D eigenvalue weighted by molar-refractivity contribution is 0.266. The number of halogens is 2. The third-order valence-corrected chi connectivity index (χ3v) is 4.31. The minimum absolute atomic E-state index is 0. The molecule has 1 aliphatic rings. The third kappa shape index (κ3) is 5.45. The second kappa shape index (κ2) is 9.99. The Labute approximate surface area is 156 Å². The Morgan fingerprint density at radius 3 is 2.46 bits per heavy atom. The van der Waals surface area contributed by atoms with E-state index in [2.05, 4.69) is 57.0 Å². The monoisotopic (exact) mass is 371 g/mol. The highest BCUT2D eigenvalue weighted by Crippen LogP contribution is 2.38. The normalized spacial score (nSPS) is 13.5. The van der Waals surface area contributed by atoms with Gasteiger partial charge in [-0.3, -0.25) is 4.90 Å². The molecule has 0 bridgehead atoms. The van der Waals surface area contributed by atoms with Crippen LogP contribution in [0, 0.1) is 0 Å². The Balaban J connectivity index is 0.00000144. The van der Waals surface area contributed by atoms with Gasteiger partial charge in [0.05, 0.1) is 6.54 Å². The zero-order valence-electron chi connectivity index (χ0n) is 14.1. The number of benzene rings is 1. The van der Waals surface area contributed by atoms with Crippen LogP contribution in [-0.4, -0.2) is 39.3 Å². The number of rotatable bonds is 8. The van der Waals surface area contributed by atoms with Gasteiger partial charge < -0.3 is 10.3 Å². The van der Waals surface area contributed by atoms with Gasteiger partial charge in [0.15, 0.2) is 0 Å². The maximum Gasteiger partial charge on any atom is 0.146 e. The van der Waals surface area contributed by atoms with Gasteiger partial charge in [-0.05, 0) is 24.8 Å². The van der Waals surface area contributed by atoms with Crippen molar-refractivity contribution in [3.63, 3.8) is 0 Å². The average Bonchev–Trinajstić information content (AvgIpc) is 3.32. The molecule has 2 N–H and O–H groups in total. The summed E-state index contributed by atoms with van der Waals surface area (Å²) in [6, 6.07) is 10.6. The Morgan fingerprint density at radius 1 is 1.12 bits per heavy atom. The van der Waals surface area contributed by atoms with Gasteiger partial charge in [-0.25, -0.2) is 0 Å². The molecule has 1 heterocycles. The molecule has 1 saturated carbocycles. The van der Waals surface area contributed by atoms with Crippen molar-refractivity contribution >= 4 is 24.8 Å². The van der Waals surface area contributed by atoms with Gasteiger partial charge in [0, 0.05) is 32.6 Å². The van der Waals surface area contributed by atoms with Crippen LogP contribution < -0.4 is 5.73 Å². The minimum atomic E-state index is 0. The van der Waals surface area contributed by atoms with Crippen LogP contribution in [0.4, 0.5) is 0 Å². The molecule has 0 spiro atoms. The topological polar surface area (TPSA) is 60.0 Å². The molecule has 2 aromatic rings. The Hall–Kier alpha value is -1.14. The van der Waals surface area contributed by atoms with Crippen molar-refractivity contribution in [1.29, 1.82) is 0 Å². The van der Waals surface area contributed by atoms with Gasteiger partial charge in [-0.1, -0.05) is 30.3 Å². The molecule has 1 aromatic carbocycles. The second-order valence-corrected chi connectivity index (χ2v) is 6.11. The highest BCUT2D eigenvalue weighted by molar-refractivity contribution is 5.85. The highest BCUT2D eigenvalue weighted by atomic mass is 35.5. The lowest BCUT2D eigenvalue weighted by Gasteiger charge is -2.21. The van der Waals surface area contributed by atoms with E-state index in [1.54, 1.807) is 0 Å². The van der Waals surface area contributed by atoms with Crippen molar-refractivity contribution in [3.8, 4) is 0 Å². The van der Waals surface area contributed by atoms with Gasteiger partial charge in [-0.15, -0.1) is 35.0 Å². The summed E-state index contributed by atoms with van der Waals surface area (Å²) in [7, 11) is 2.08. The van der Waals surface area contributed by atoms with E-state index in [1.807, 2.05) is 0 Å². The molecule has 1 fully saturated rings. The van der Waals surface area contributed by atoms with E-state index >= 15 is 0 Å². The largest absolute Gasteiger partial charge is 0.329 e. The smallest absolute Gasteiger partial charge is 0.146 e. The van der Waals surface area contributed by atoms with Gasteiger partial charge in [0.1, 0.15) is 11.6 Å². The number of aromatic nitrogens is 3. The van der Waals surface area contributed by atoms with Crippen LogP contribution in [0.1, 0.15) is 36.0 Å². The molecule has 0 atom stereocenters. The molecule has 0 saturated heterocycles. The summed E-state index contributed by atoms with van der Waals surface area (Å²) in [5.41, 5.74) is 7.13. The Morgan fingerprint density at radius 2 is 1.83 bits per heavy atom. The first-order valence-corrected chi connectivity index (χ1v) is 8.12. The zero-order chi connectivity index (χ0) is 15.4. The summed E-state index contributed by atoms with van der Waals surface area (Å²) in [4.78, 5) is 2.37. The quantitative estimate of drug-likeness (QED) is 0.774. The predicted octanol–water partition coefficient (Wildman–Crippen LogP) is 2.54.